The summed E-state index contributed by atoms with van der Waals surface area (Å²) < 4.78 is 0. The lowest BCUT2D eigenvalue weighted by molar-refractivity contribution is -0.140. The summed E-state index contributed by atoms with van der Waals surface area (Å²) in [6, 6.07) is 9.43. The van der Waals surface area contributed by atoms with E-state index in [9.17, 15) is 4.79 Å². The number of nitrogens with two attached hydrogens (primary N) is 1. The van der Waals surface area contributed by atoms with Crippen LogP contribution in [0.2, 0.25) is 0 Å². The molecular formula is C16H23N3O. The van der Waals surface area contributed by atoms with Crippen LogP contribution < -0.4 is 5.73 Å². The lowest BCUT2D eigenvalue weighted by Gasteiger charge is -2.31. The third kappa shape index (κ3) is 4.07. The van der Waals surface area contributed by atoms with Gasteiger partial charge < -0.3 is 10.6 Å². The standard InChI is InChI=1S/C16H23N3O/c1-4-9-19(15(20)16(2,3)12-18)11-14-7-5-13(10-17)6-8-14/h5-8H,4,9,11-12,18H2,1-3H3. The van der Waals surface area contributed by atoms with Crippen LogP contribution in [-0.4, -0.2) is 23.9 Å². The van der Waals surface area contributed by atoms with E-state index >= 15 is 0 Å². The molecule has 0 bridgehead atoms. The van der Waals surface area contributed by atoms with Crippen LogP contribution in [0.5, 0.6) is 0 Å². The van der Waals surface area contributed by atoms with Crippen molar-refractivity contribution in [1.29, 1.82) is 5.26 Å². The molecule has 20 heavy (non-hydrogen) atoms. The summed E-state index contributed by atoms with van der Waals surface area (Å²) >= 11 is 0. The maximum absolute atomic E-state index is 12.5. The highest BCUT2D eigenvalue weighted by molar-refractivity contribution is 5.82. The predicted octanol–water partition coefficient (Wildman–Crippen LogP) is 2.28. The minimum atomic E-state index is -0.540. The SMILES string of the molecule is CCCN(Cc1ccc(C#N)cc1)C(=O)C(C)(C)CN. The van der Waals surface area contributed by atoms with Gasteiger partial charge in [-0.15, -0.1) is 0 Å². The fraction of sp³-hybridized carbons (Fsp3) is 0.500. The van der Waals surface area contributed by atoms with E-state index in [4.69, 9.17) is 11.0 Å². The maximum atomic E-state index is 12.5. The minimum absolute atomic E-state index is 0.0752. The van der Waals surface area contributed by atoms with Crippen LogP contribution in [0.3, 0.4) is 0 Å². The molecule has 1 amide bonds. The Morgan fingerprint density at radius 3 is 2.40 bits per heavy atom. The zero-order valence-corrected chi connectivity index (χ0v) is 12.5. The van der Waals surface area contributed by atoms with E-state index in [1.54, 1.807) is 12.1 Å². The Kier molecular flexibility index (Phi) is 5.72. The van der Waals surface area contributed by atoms with Gasteiger partial charge >= 0.3 is 0 Å². The predicted molar refractivity (Wildman–Crippen MR) is 79.7 cm³/mol. The first-order valence-corrected chi connectivity index (χ1v) is 6.93. The molecule has 0 saturated heterocycles. The molecule has 0 aliphatic heterocycles. The van der Waals surface area contributed by atoms with Gasteiger partial charge in [0.25, 0.3) is 0 Å². The molecule has 4 nitrogen and oxygen atoms in total. The van der Waals surface area contributed by atoms with Crippen molar-refractivity contribution in [1.82, 2.24) is 4.90 Å². The quantitative estimate of drug-likeness (QED) is 0.864. The molecule has 0 radical (unpaired) electrons. The molecule has 108 valence electrons. The van der Waals surface area contributed by atoms with Gasteiger partial charge in [-0.3, -0.25) is 4.79 Å². The van der Waals surface area contributed by atoms with Crippen LogP contribution in [0.15, 0.2) is 24.3 Å². The van der Waals surface area contributed by atoms with E-state index in [0.29, 0.717) is 25.2 Å². The summed E-state index contributed by atoms with van der Waals surface area (Å²) in [4.78, 5) is 14.3. The Labute approximate surface area is 121 Å². The van der Waals surface area contributed by atoms with E-state index < -0.39 is 5.41 Å². The molecule has 0 aliphatic carbocycles. The Morgan fingerprint density at radius 1 is 1.35 bits per heavy atom. The molecule has 0 aliphatic rings. The summed E-state index contributed by atoms with van der Waals surface area (Å²) in [5.74, 6) is 0.0752. The smallest absolute Gasteiger partial charge is 0.229 e. The average Bonchev–Trinajstić information content (AvgIpc) is 2.46. The van der Waals surface area contributed by atoms with Crippen molar-refractivity contribution in [2.24, 2.45) is 11.1 Å². The first-order valence-electron chi connectivity index (χ1n) is 6.93. The number of benzene rings is 1. The van der Waals surface area contributed by atoms with E-state index in [1.165, 1.54) is 0 Å². The maximum Gasteiger partial charge on any atom is 0.229 e. The summed E-state index contributed by atoms with van der Waals surface area (Å²) in [6.45, 7) is 7.39. The highest BCUT2D eigenvalue weighted by Gasteiger charge is 2.30. The van der Waals surface area contributed by atoms with Crippen molar-refractivity contribution in [3.63, 3.8) is 0 Å². The lowest BCUT2D eigenvalue weighted by atomic mass is 9.91. The zero-order valence-electron chi connectivity index (χ0n) is 12.5. The van der Waals surface area contributed by atoms with E-state index in [1.807, 2.05) is 30.9 Å². The first kappa shape index (κ1) is 16.2. The number of hydrogen-bond donors (Lipinski definition) is 1. The molecule has 0 heterocycles. The molecule has 0 aromatic heterocycles. The molecule has 2 N–H and O–H groups in total. The van der Waals surface area contributed by atoms with Gasteiger partial charge in [-0.2, -0.15) is 5.26 Å². The van der Waals surface area contributed by atoms with E-state index in [2.05, 4.69) is 13.0 Å². The highest BCUT2D eigenvalue weighted by atomic mass is 16.2. The summed E-state index contributed by atoms with van der Waals surface area (Å²) in [7, 11) is 0. The largest absolute Gasteiger partial charge is 0.338 e. The van der Waals surface area contributed by atoms with Crippen molar-refractivity contribution in [3.05, 3.63) is 35.4 Å². The third-order valence-corrected chi connectivity index (χ3v) is 3.33. The van der Waals surface area contributed by atoms with Gasteiger partial charge in [0.2, 0.25) is 5.91 Å². The molecule has 1 rings (SSSR count). The average molecular weight is 273 g/mol. The second kappa shape index (κ2) is 7.06. The summed E-state index contributed by atoms with van der Waals surface area (Å²) in [5, 5.41) is 8.79. The summed E-state index contributed by atoms with van der Waals surface area (Å²) in [6.07, 6.45) is 0.905. The van der Waals surface area contributed by atoms with Gasteiger partial charge in [0, 0.05) is 19.6 Å². The fourth-order valence-electron chi connectivity index (χ4n) is 1.94. The van der Waals surface area contributed by atoms with Crippen LogP contribution in [0.4, 0.5) is 0 Å². The number of carbonyl (C=O) groups is 1. The van der Waals surface area contributed by atoms with Crippen molar-refractivity contribution >= 4 is 5.91 Å². The highest BCUT2D eigenvalue weighted by Crippen LogP contribution is 2.19. The number of rotatable bonds is 6. The second-order valence-corrected chi connectivity index (χ2v) is 5.62. The minimum Gasteiger partial charge on any atom is -0.338 e. The molecule has 0 unspecified atom stereocenters. The number of carbonyl (C=O) groups excluding carboxylic acids is 1. The topological polar surface area (TPSA) is 70.1 Å². The van der Waals surface area contributed by atoms with Crippen molar-refractivity contribution in [2.45, 2.75) is 33.7 Å². The Bertz CT molecular complexity index is 485. The zero-order chi connectivity index (χ0) is 15.2. The van der Waals surface area contributed by atoms with Crippen molar-refractivity contribution < 1.29 is 4.79 Å². The number of amides is 1. The van der Waals surface area contributed by atoms with Crippen molar-refractivity contribution in [3.8, 4) is 6.07 Å². The number of nitrogens with zero attached hydrogens (tertiary/aromatic N) is 2. The fourth-order valence-corrected chi connectivity index (χ4v) is 1.94. The first-order chi connectivity index (χ1) is 9.44. The Hall–Kier alpha value is -1.86. The van der Waals surface area contributed by atoms with Gasteiger partial charge in [0.05, 0.1) is 17.0 Å². The van der Waals surface area contributed by atoms with Crippen LogP contribution in [-0.2, 0) is 11.3 Å². The van der Waals surface area contributed by atoms with Gasteiger partial charge in [0.15, 0.2) is 0 Å². The molecule has 1 aromatic rings. The molecule has 0 spiro atoms. The van der Waals surface area contributed by atoms with Gasteiger partial charge in [-0.25, -0.2) is 0 Å². The molecule has 4 heteroatoms. The van der Waals surface area contributed by atoms with Crippen LogP contribution in [0.25, 0.3) is 0 Å². The Balaban J connectivity index is 2.86. The van der Waals surface area contributed by atoms with Crippen molar-refractivity contribution in [2.75, 3.05) is 13.1 Å². The van der Waals surface area contributed by atoms with Gasteiger partial charge in [-0.05, 0) is 38.0 Å². The molecule has 0 atom stereocenters. The monoisotopic (exact) mass is 273 g/mol. The number of hydrogen-bond acceptors (Lipinski definition) is 3. The van der Waals surface area contributed by atoms with Crippen LogP contribution in [0, 0.1) is 16.7 Å². The molecule has 1 aromatic carbocycles. The third-order valence-electron chi connectivity index (χ3n) is 3.33. The second-order valence-electron chi connectivity index (χ2n) is 5.62. The number of nitriles is 1. The van der Waals surface area contributed by atoms with Gasteiger partial charge in [-0.1, -0.05) is 19.1 Å². The van der Waals surface area contributed by atoms with Crippen LogP contribution >= 0.6 is 0 Å². The normalized spacial score (nSPS) is 10.9. The molecule has 0 saturated carbocycles. The summed E-state index contributed by atoms with van der Waals surface area (Å²) in [5.41, 5.74) is 6.80. The molecule has 0 fully saturated rings. The Morgan fingerprint density at radius 2 is 1.95 bits per heavy atom. The van der Waals surface area contributed by atoms with E-state index in [0.717, 1.165) is 12.0 Å². The van der Waals surface area contributed by atoms with E-state index in [-0.39, 0.29) is 5.91 Å². The van der Waals surface area contributed by atoms with Gasteiger partial charge in [0.1, 0.15) is 0 Å². The lowest BCUT2D eigenvalue weighted by Crippen LogP contribution is -2.44. The van der Waals surface area contributed by atoms with Crippen LogP contribution in [0.1, 0.15) is 38.3 Å². The molecular weight excluding hydrogens is 250 g/mol.